The van der Waals surface area contributed by atoms with Crippen LogP contribution in [0, 0.1) is 6.92 Å². The highest BCUT2D eigenvalue weighted by Crippen LogP contribution is 2.15. The Kier molecular flexibility index (Phi) is 7.09. The average molecular weight is 402 g/mol. The van der Waals surface area contributed by atoms with Crippen LogP contribution in [0.2, 0.25) is 0 Å². The molecule has 0 bridgehead atoms. The van der Waals surface area contributed by atoms with Crippen molar-refractivity contribution in [3.05, 3.63) is 29.8 Å². The first kappa shape index (κ1) is 21.1. The summed E-state index contributed by atoms with van der Waals surface area (Å²) < 4.78 is 0. The molecule has 1 unspecified atom stereocenters. The first-order chi connectivity index (χ1) is 13.9. The predicted molar refractivity (Wildman–Crippen MR) is 109 cm³/mol. The number of β-amino-alcohol motifs (C(OH)–C–C–N with tert-alkyl or cyclic N) is 1. The van der Waals surface area contributed by atoms with Gasteiger partial charge < -0.3 is 25.5 Å². The summed E-state index contributed by atoms with van der Waals surface area (Å²) in [7, 11) is 0. The lowest BCUT2D eigenvalue weighted by atomic mass is 10.0. The first-order valence-corrected chi connectivity index (χ1v) is 10.3. The number of likely N-dealkylation sites (tertiary alicyclic amines) is 2. The number of anilines is 1. The van der Waals surface area contributed by atoms with Crippen LogP contribution in [-0.2, 0) is 9.59 Å². The van der Waals surface area contributed by atoms with Crippen molar-refractivity contribution in [3.63, 3.8) is 0 Å². The molecule has 2 heterocycles. The molecule has 4 amide bonds. The number of aliphatic hydroxyl groups excluding tert-OH is 1. The number of urea groups is 1. The quantitative estimate of drug-likeness (QED) is 0.710. The molecule has 0 saturated carbocycles. The molecule has 8 heteroatoms. The van der Waals surface area contributed by atoms with Crippen molar-refractivity contribution in [2.45, 2.75) is 51.2 Å². The van der Waals surface area contributed by atoms with E-state index < -0.39 is 18.2 Å². The Balaban J connectivity index is 1.60. The van der Waals surface area contributed by atoms with E-state index >= 15 is 0 Å². The van der Waals surface area contributed by atoms with Gasteiger partial charge in [-0.1, -0.05) is 25.0 Å². The van der Waals surface area contributed by atoms with Crippen LogP contribution in [0.25, 0.3) is 0 Å². The molecule has 0 aromatic heterocycles. The van der Waals surface area contributed by atoms with Crippen molar-refractivity contribution in [1.29, 1.82) is 0 Å². The maximum absolute atomic E-state index is 13.0. The van der Waals surface area contributed by atoms with Crippen molar-refractivity contribution >= 4 is 23.5 Å². The summed E-state index contributed by atoms with van der Waals surface area (Å²) in [6, 6.07) is 6.36. The van der Waals surface area contributed by atoms with Gasteiger partial charge in [-0.05, 0) is 43.9 Å². The smallest absolute Gasteiger partial charge is 0.319 e. The normalized spacial score (nSPS) is 22.8. The van der Waals surface area contributed by atoms with Gasteiger partial charge in [0.25, 0.3) is 0 Å². The number of hydrogen-bond donors (Lipinski definition) is 3. The Morgan fingerprint density at radius 2 is 2.00 bits per heavy atom. The van der Waals surface area contributed by atoms with Gasteiger partial charge in [0.1, 0.15) is 6.04 Å². The van der Waals surface area contributed by atoms with Gasteiger partial charge in [0, 0.05) is 25.3 Å². The molecule has 2 aliphatic heterocycles. The summed E-state index contributed by atoms with van der Waals surface area (Å²) >= 11 is 0. The van der Waals surface area contributed by atoms with E-state index in [1.165, 1.54) is 0 Å². The molecule has 3 N–H and O–H groups in total. The maximum atomic E-state index is 13.0. The third-order valence-corrected chi connectivity index (χ3v) is 5.45. The van der Waals surface area contributed by atoms with E-state index in [0.717, 1.165) is 24.8 Å². The fourth-order valence-corrected chi connectivity index (χ4v) is 3.85. The minimum absolute atomic E-state index is 0.0107. The van der Waals surface area contributed by atoms with Gasteiger partial charge in [-0.3, -0.25) is 9.59 Å². The van der Waals surface area contributed by atoms with Gasteiger partial charge >= 0.3 is 6.03 Å². The van der Waals surface area contributed by atoms with Crippen LogP contribution in [0.3, 0.4) is 0 Å². The number of aliphatic hydroxyl groups is 1. The van der Waals surface area contributed by atoms with Crippen molar-refractivity contribution < 1.29 is 19.5 Å². The van der Waals surface area contributed by atoms with Crippen LogP contribution in [0.5, 0.6) is 0 Å². The van der Waals surface area contributed by atoms with Gasteiger partial charge in [-0.15, -0.1) is 0 Å². The number of benzene rings is 1. The number of nitrogens with one attached hydrogen (secondary N) is 2. The van der Waals surface area contributed by atoms with Crippen molar-refractivity contribution in [2.75, 3.05) is 31.5 Å². The third kappa shape index (κ3) is 5.93. The van der Waals surface area contributed by atoms with Crippen LogP contribution >= 0.6 is 0 Å². The molecule has 158 valence electrons. The van der Waals surface area contributed by atoms with Gasteiger partial charge in [0.15, 0.2) is 0 Å². The van der Waals surface area contributed by atoms with E-state index in [1.807, 2.05) is 25.1 Å². The molecule has 0 radical (unpaired) electrons. The summed E-state index contributed by atoms with van der Waals surface area (Å²) in [5.41, 5.74) is 1.70. The molecule has 2 fully saturated rings. The molecule has 1 aromatic carbocycles. The zero-order valence-electron chi connectivity index (χ0n) is 16.9. The van der Waals surface area contributed by atoms with E-state index in [1.54, 1.807) is 15.9 Å². The lowest BCUT2D eigenvalue weighted by Gasteiger charge is -2.31. The molecular formula is C21H30N4O4. The third-order valence-electron chi connectivity index (χ3n) is 5.45. The van der Waals surface area contributed by atoms with Crippen molar-refractivity contribution in [1.82, 2.24) is 15.1 Å². The largest absolute Gasteiger partial charge is 0.391 e. The molecule has 2 aliphatic rings. The lowest BCUT2D eigenvalue weighted by molar-refractivity contribution is -0.141. The summed E-state index contributed by atoms with van der Waals surface area (Å²) in [4.78, 5) is 41.1. The molecule has 0 aliphatic carbocycles. The van der Waals surface area contributed by atoms with Crippen LogP contribution in [-0.4, -0.2) is 71.1 Å². The second kappa shape index (κ2) is 9.73. The molecule has 2 saturated heterocycles. The highest BCUT2D eigenvalue weighted by atomic mass is 16.3. The topological polar surface area (TPSA) is 102 Å². The highest BCUT2D eigenvalue weighted by Gasteiger charge is 2.31. The highest BCUT2D eigenvalue weighted by molar-refractivity contribution is 5.94. The number of carbonyl (C=O) groups is 3. The van der Waals surface area contributed by atoms with E-state index in [0.29, 0.717) is 38.2 Å². The Bertz CT molecular complexity index is 754. The number of rotatable bonds is 4. The zero-order chi connectivity index (χ0) is 20.8. The van der Waals surface area contributed by atoms with E-state index in [2.05, 4.69) is 10.6 Å². The number of carbonyl (C=O) groups excluding carboxylic acids is 3. The Hall–Kier alpha value is -2.61. The molecule has 2 atom stereocenters. The second-order valence-electron chi connectivity index (χ2n) is 7.91. The molecule has 3 rings (SSSR count). The van der Waals surface area contributed by atoms with Crippen molar-refractivity contribution in [2.24, 2.45) is 0 Å². The van der Waals surface area contributed by atoms with Gasteiger partial charge in [0.05, 0.1) is 12.6 Å². The van der Waals surface area contributed by atoms with Gasteiger partial charge in [-0.2, -0.15) is 0 Å². The van der Waals surface area contributed by atoms with Crippen LogP contribution in [0.15, 0.2) is 24.3 Å². The molecular weight excluding hydrogens is 372 g/mol. The number of amides is 4. The maximum Gasteiger partial charge on any atom is 0.319 e. The van der Waals surface area contributed by atoms with Crippen LogP contribution in [0.1, 0.15) is 37.7 Å². The standard InChI is InChI=1S/C21H30N4O4/c1-15-6-5-7-16(12-15)22-21(29)23-18-8-3-2-4-10-25(20(18)28)14-19(27)24-11-9-17(26)13-24/h5-7,12,17-18,26H,2-4,8-11,13-14H2,1H3,(H2,22,23,29)/t17?,18-/m0/s1. The average Bonchev–Trinajstić information content (AvgIpc) is 3.10. The number of nitrogens with zero attached hydrogens (tertiary/aromatic N) is 2. The summed E-state index contributed by atoms with van der Waals surface area (Å²) in [6.45, 7) is 3.27. The van der Waals surface area contributed by atoms with E-state index in [9.17, 15) is 19.5 Å². The van der Waals surface area contributed by atoms with Crippen LogP contribution in [0.4, 0.5) is 10.5 Å². The molecule has 8 nitrogen and oxygen atoms in total. The van der Waals surface area contributed by atoms with Gasteiger partial charge in [-0.25, -0.2) is 4.79 Å². The number of hydrogen-bond acceptors (Lipinski definition) is 4. The van der Waals surface area contributed by atoms with E-state index in [4.69, 9.17) is 0 Å². The lowest BCUT2D eigenvalue weighted by Crippen LogP contribution is -2.53. The minimum atomic E-state index is -0.655. The SMILES string of the molecule is Cc1cccc(NC(=O)N[C@H]2CCCCCN(CC(=O)N3CCC(O)C3)C2=O)c1. The summed E-state index contributed by atoms with van der Waals surface area (Å²) in [5.74, 6) is -0.379. The second-order valence-corrected chi connectivity index (χ2v) is 7.91. The summed E-state index contributed by atoms with van der Waals surface area (Å²) in [5, 5.41) is 15.2. The van der Waals surface area contributed by atoms with Crippen molar-refractivity contribution in [3.8, 4) is 0 Å². The predicted octanol–water partition coefficient (Wildman–Crippen LogP) is 1.48. The molecule has 1 aromatic rings. The Morgan fingerprint density at radius 1 is 1.17 bits per heavy atom. The fourth-order valence-electron chi connectivity index (χ4n) is 3.85. The fraction of sp³-hybridized carbons (Fsp3) is 0.571. The van der Waals surface area contributed by atoms with Crippen LogP contribution < -0.4 is 10.6 Å². The van der Waals surface area contributed by atoms with Gasteiger partial charge in [0.2, 0.25) is 11.8 Å². The minimum Gasteiger partial charge on any atom is -0.391 e. The monoisotopic (exact) mass is 402 g/mol. The van der Waals surface area contributed by atoms with E-state index in [-0.39, 0.29) is 18.4 Å². The summed E-state index contributed by atoms with van der Waals surface area (Å²) in [6.07, 6.45) is 3.26. The first-order valence-electron chi connectivity index (χ1n) is 10.3. The Labute approximate surface area is 171 Å². The molecule has 29 heavy (non-hydrogen) atoms. The number of aryl methyl sites for hydroxylation is 1. The zero-order valence-corrected chi connectivity index (χ0v) is 16.9. The molecule has 0 spiro atoms. The Morgan fingerprint density at radius 3 is 2.72 bits per heavy atom.